The van der Waals surface area contributed by atoms with Crippen LogP contribution < -0.4 is 4.72 Å². The molecule has 0 unspecified atom stereocenters. The van der Waals surface area contributed by atoms with Crippen LogP contribution in [0.15, 0.2) is 23.1 Å². The Morgan fingerprint density at radius 2 is 2.05 bits per heavy atom. The summed E-state index contributed by atoms with van der Waals surface area (Å²) in [6.07, 6.45) is 0.778. The van der Waals surface area contributed by atoms with Gasteiger partial charge in [-0.25, -0.2) is 13.4 Å². The van der Waals surface area contributed by atoms with Crippen molar-refractivity contribution in [3.63, 3.8) is 0 Å². The summed E-state index contributed by atoms with van der Waals surface area (Å²) in [5.41, 5.74) is 1.45. The van der Waals surface area contributed by atoms with Gasteiger partial charge in [0, 0.05) is 9.90 Å². The lowest BCUT2D eigenvalue weighted by molar-refractivity contribution is 0.600. The molecule has 108 valence electrons. The average molecular weight is 331 g/mol. The Morgan fingerprint density at radius 3 is 2.65 bits per heavy atom. The predicted molar refractivity (Wildman–Crippen MR) is 83.2 cm³/mol. The minimum Gasteiger partial charge on any atom is -0.255 e. The van der Waals surface area contributed by atoms with Gasteiger partial charge in [-0.15, -0.1) is 11.3 Å². The number of anilines is 1. The molecule has 1 aromatic carbocycles. The zero-order valence-corrected chi connectivity index (χ0v) is 13.8. The summed E-state index contributed by atoms with van der Waals surface area (Å²) in [4.78, 5) is 5.48. The van der Waals surface area contributed by atoms with E-state index in [1.807, 2.05) is 13.8 Å². The Bertz CT molecular complexity index is 739. The molecule has 7 heteroatoms. The Labute approximate surface area is 127 Å². The van der Waals surface area contributed by atoms with Crippen LogP contribution in [0, 0.1) is 13.8 Å². The van der Waals surface area contributed by atoms with Crippen LogP contribution in [0.1, 0.15) is 23.1 Å². The van der Waals surface area contributed by atoms with Gasteiger partial charge in [0.1, 0.15) is 0 Å². The van der Waals surface area contributed by atoms with E-state index in [0.717, 1.165) is 17.0 Å². The van der Waals surface area contributed by atoms with E-state index in [-0.39, 0.29) is 4.90 Å². The SMILES string of the molecule is CCc1nc(NS(=O)(=O)c2cccc(Cl)c2C)sc1C. The highest BCUT2D eigenvalue weighted by atomic mass is 35.5. The summed E-state index contributed by atoms with van der Waals surface area (Å²) >= 11 is 7.31. The Morgan fingerprint density at radius 1 is 1.35 bits per heavy atom. The van der Waals surface area contributed by atoms with Crippen LogP contribution in [0.3, 0.4) is 0 Å². The van der Waals surface area contributed by atoms with E-state index < -0.39 is 10.0 Å². The summed E-state index contributed by atoms with van der Waals surface area (Å²) in [5.74, 6) is 0. The number of nitrogens with one attached hydrogen (secondary N) is 1. The van der Waals surface area contributed by atoms with Gasteiger partial charge in [-0.05, 0) is 38.0 Å². The number of hydrogen-bond donors (Lipinski definition) is 1. The number of hydrogen-bond acceptors (Lipinski definition) is 4. The molecular weight excluding hydrogens is 316 g/mol. The molecule has 0 atom stereocenters. The van der Waals surface area contributed by atoms with Crippen molar-refractivity contribution in [1.82, 2.24) is 4.98 Å². The number of thiazole rings is 1. The molecule has 0 aliphatic rings. The van der Waals surface area contributed by atoms with Crippen LogP contribution in [0.2, 0.25) is 5.02 Å². The van der Waals surface area contributed by atoms with Gasteiger partial charge >= 0.3 is 0 Å². The molecule has 1 heterocycles. The molecule has 1 aromatic heterocycles. The van der Waals surface area contributed by atoms with Crippen LogP contribution in [0.5, 0.6) is 0 Å². The van der Waals surface area contributed by atoms with Crippen LogP contribution in [-0.4, -0.2) is 13.4 Å². The van der Waals surface area contributed by atoms with Gasteiger partial charge in [-0.3, -0.25) is 4.72 Å². The second-order valence-corrected chi connectivity index (χ2v) is 7.61. The van der Waals surface area contributed by atoms with Crippen molar-refractivity contribution in [1.29, 1.82) is 0 Å². The van der Waals surface area contributed by atoms with Crippen molar-refractivity contribution in [3.05, 3.63) is 39.4 Å². The number of aromatic nitrogens is 1. The summed E-state index contributed by atoms with van der Waals surface area (Å²) in [6.45, 7) is 5.60. The van der Waals surface area contributed by atoms with Crippen molar-refractivity contribution in [2.24, 2.45) is 0 Å². The summed E-state index contributed by atoms with van der Waals surface area (Å²) in [5, 5.41) is 0.816. The number of aryl methyl sites for hydroxylation is 2. The van der Waals surface area contributed by atoms with Crippen molar-refractivity contribution < 1.29 is 8.42 Å². The van der Waals surface area contributed by atoms with E-state index in [2.05, 4.69) is 9.71 Å². The standard InChI is InChI=1S/C13H15ClN2O2S2/c1-4-11-9(3)19-13(15-11)16-20(17,18)12-7-5-6-10(14)8(12)2/h5-7H,4H2,1-3H3,(H,15,16). The molecule has 0 amide bonds. The average Bonchev–Trinajstić information content (AvgIpc) is 2.71. The normalized spacial score (nSPS) is 11.6. The molecule has 0 bridgehead atoms. The molecule has 4 nitrogen and oxygen atoms in total. The second kappa shape index (κ2) is 5.71. The lowest BCUT2D eigenvalue weighted by Gasteiger charge is -2.09. The molecule has 20 heavy (non-hydrogen) atoms. The van der Waals surface area contributed by atoms with Gasteiger partial charge in [-0.1, -0.05) is 24.6 Å². The Hall–Kier alpha value is -1.11. The molecule has 2 aromatic rings. The third-order valence-corrected chi connectivity index (χ3v) is 5.91. The van der Waals surface area contributed by atoms with Gasteiger partial charge in [0.25, 0.3) is 10.0 Å². The summed E-state index contributed by atoms with van der Waals surface area (Å²) < 4.78 is 27.3. The van der Waals surface area contributed by atoms with E-state index in [9.17, 15) is 8.42 Å². The highest BCUT2D eigenvalue weighted by Crippen LogP contribution is 2.27. The first-order chi connectivity index (χ1) is 9.35. The van der Waals surface area contributed by atoms with Crippen molar-refractivity contribution in [2.45, 2.75) is 32.1 Å². The lowest BCUT2D eigenvalue weighted by atomic mass is 10.2. The first-order valence-electron chi connectivity index (χ1n) is 6.09. The fourth-order valence-corrected chi connectivity index (χ4v) is 4.48. The van der Waals surface area contributed by atoms with E-state index >= 15 is 0 Å². The van der Waals surface area contributed by atoms with E-state index in [0.29, 0.717) is 15.7 Å². The fourth-order valence-electron chi connectivity index (χ4n) is 1.85. The van der Waals surface area contributed by atoms with Gasteiger partial charge in [0.05, 0.1) is 10.6 Å². The Kier molecular flexibility index (Phi) is 4.36. The molecule has 0 saturated heterocycles. The predicted octanol–water partition coefficient (Wildman–Crippen LogP) is 3.78. The van der Waals surface area contributed by atoms with Gasteiger partial charge < -0.3 is 0 Å². The smallest absolute Gasteiger partial charge is 0.255 e. The Balaban J connectivity index is 2.38. The fraction of sp³-hybridized carbons (Fsp3) is 0.308. The molecule has 1 N–H and O–H groups in total. The number of sulfonamides is 1. The maximum absolute atomic E-state index is 12.4. The second-order valence-electron chi connectivity index (χ2n) is 4.34. The minimum atomic E-state index is -3.66. The highest BCUT2D eigenvalue weighted by molar-refractivity contribution is 7.93. The molecule has 0 aliphatic heterocycles. The molecule has 0 saturated carbocycles. The number of halogens is 1. The lowest BCUT2D eigenvalue weighted by Crippen LogP contribution is -2.14. The molecule has 0 aliphatic carbocycles. The number of rotatable bonds is 4. The quantitative estimate of drug-likeness (QED) is 0.928. The zero-order valence-electron chi connectivity index (χ0n) is 11.4. The third-order valence-electron chi connectivity index (χ3n) is 2.96. The largest absolute Gasteiger partial charge is 0.263 e. The summed E-state index contributed by atoms with van der Waals surface area (Å²) in [6, 6.07) is 4.82. The molecule has 0 radical (unpaired) electrons. The van der Waals surface area contributed by atoms with Crippen LogP contribution in [-0.2, 0) is 16.4 Å². The number of benzene rings is 1. The molecule has 2 rings (SSSR count). The zero-order chi connectivity index (χ0) is 14.9. The van der Waals surface area contributed by atoms with Crippen LogP contribution in [0.4, 0.5) is 5.13 Å². The topological polar surface area (TPSA) is 59.1 Å². The first-order valence-corrected chi connectivity index (χ1v) is 8.77. The van der Waals surface area contributed by atoms with Gasteiger partial charge in [0.2, 0.25) is 0 Å². The third kappa shape index (κ3) is 2.97. The molecular formula is C13H15ClN2O2S2. The van der Waals surface area contributed by atoms with Crippen LogP contribution >= 0.6 is 22.9 Å². The van der Waals surface area contributed by atoms with Gasteiger partial charge in [-0.2, -0.15) is 0 Å². The maximum Gasteiger partial charge on any atom is 0.263 e. The van der Waals surface area contributed by atoms with E-state index in [4.69, 9.17) is 11.6 Å². The van der Waals surface area contributed by atoms with Crippen molar-refractivity contribution >= 4 is 38.1 Å². The highest BCUT2D eigenvalue weighted by Gasteiger charge is 2.20. The number of nitrogens with zero attached hydrogens (tertiary/aromatic N) is 1. The van der Waals surface area contributed by atoms with Crippen molar-refractivity contribution in [2.75, 3.05) is 4.72 Å². The van der Waals surface area contributed by atoms with E-state index in [1.165, 1.54) is 17.4 Å². The first kappa shape index (κ1) is 15.3. The maximum atomic E-state index is 12.4. The minimum absolute atomic E-state index is 0.177. The van der Waals surface area contributed by atoms with Gasteiger partial charge in [0.15, 0.2) is 5.13 Å². The van der Waals surface area contributed by atoms with E-state index in [1.54, 1.807) is 19.1 Å². The van der Waals surface area contributed by atoms with Crippen LogP contribution in [0.25, 0.3) is 0 Å². The monoisotopic (exact) mass is 330 g/mol. The molecule has 0 spiro atoms. The molecule has 0 fully saturated rings. The van der Waals surface area contributed by atoms with Crippen molar-refractivity contribution in [3.8, 4) is 0 Å². The summed E-state index contributed by atoms with van der Waals surface area (Å²) in [7, 11) is -3.66.